The molecule has 2 fully saturated rings. The van der Waals surface area contributed by atoms with Crippen LogP contribution in [0.5, 0.6) is 0 Å². The van der Waals surface area contributed by atoms with E-state index in [2.05, 4.69) is 14.9 Å². The summed E-state index contributed by atoms with van der Waals surface area (Å²) in [6, 6.07) is 1.79. The van der Waals surface area contributed by atoms with Gasteiger partial charge in [0.05, 0.1) is 11.6 Å². The monoisotopic (exact) mass is 307 g/mol. The van der Waals surface area contributed by atoms with Gasteiger partial charge in [-0.05, 0) is 6.07 Å². The Bertz CT molecular complexity index is 519. The summed E-state index contributed by atoms with van der Waals surface area (Å²) in [4.78, 5) is 37.7. The van der Waals surface area contributed by atoms with E-state index in [4.69, 9.17) is 0 Å². The first-order valence-electron chi connectivity index (χ1n) is 6.89. The van der Waals surface area contributed by atoms with Crippen molar-refractivity contribution in [2.45, 2.75) is 0 Å². The lowest BCUT2D eigenvalue weighted by atomic mass is 10.3. The Morgan fingerprint density at radius 1 is 1.19 bits per heavy atom. The first-order chi connectivity index (χ1) is 10.2. The summed E-state index contributed by atoms with van der Waals surface area (Å²) >= 11 is 1.56. The van der Waals surface area contributed by atoms with E-state index in [1.807, 2.05) is 4.90 Å². The summed E-state index contributed by atoms with van der Waals surface area (Å²) in [7, 11) is 0. The Hall–Kier alpha value is -1.83. The number of nitrogens with zero attached hydrogens (tertiary/aromatic N) is 5. The molecule has 2 saturated heterocycles. The van der Waals surface area contributed by atoms with Crippen LogP contribution in [0.3, 0.4) is 0 Å². The molecule has 8 heteroatoms. The van der Waals surface area contributed by atoms with Gasteiger partial charge in [-0.1, -0.05) is 0 Å². The summed E-state index contributed by atoms with van der Waals surface area (Å²) in [6.07, 6.45) is 3.44. The van der Waals surface area contributed by atoms with Crippen molar-refractivity contribution in [2.75, 3.05) is 49.3 Å². The van der Waals surface area contributed by atoms with E-state index in [-0.39, 0.29) is 18.4 Å². The van der Waals surface area contributed by atoms with Gasteiger partial charge in [0.2, 0.25) is 17.8 Å². The van der Waals surface area contributed by atoms with Crippen LogP contribution in [0, 0.1) is 0 Å². The van der Waals surface area contributed by atoms with E-state index < -0.39 is 0 Å². The number of aromatic nitrogens is 2. The molecule has 3 heterocycles. The number of carbonyl (C=O) groups is 2. The second-order valence-electron chi connectivity index (χ2n) is 4.99. The van der Waals surface area contributed by atoms with Gasteiger partial charge in [-0.15, -0.1) is 11.8 Å². The van der Waals surface area contributed by atoms with Crippen LogP contribution in [0.4, 0.5) is 5.95 Å². The van der Waals surface area contributed by atoms with Crippen molar-refractivity contribution in [3.05, 3.63) is 18.5 Å². The maximum Gasteiger partial charge on any atom is 0.242 e. The summed E-state index contributed by atoms with van der Waals surface area (Å²) in [5.74, 6) is 1.91. The number of carbonyl (C=O) groups excluding carboxylic acids is 2. The van der Waals surface area contributed by atoms with Gasteiger partial charge in [0.1, 0.15) is 6.54 Å². The summed E-state index contributed by atoms with van der Waals surface area (Å²) in [5.41, 5.74) is 0. The highest BCUT2D eigenvalue weighted by Crippen LogP contribution is 2.15. The van der Waals surface area contributed by atoms with E-state index in [0.29, 0.717) is 30.7 Å². The van der Waals surface area contributed by atoms with Crippen LogP contribution >= 0.6 is 11.8 Å². The summed E-state index contributed by atoms with van der Waals surface area (Å²) < 4.78 is 0. The van der Waals surface area contributed by atoms with E-state index in [1.54, 1.807) is 35.1 Å². The van der Waals surface area contributed by atoms with Crippen molar-refractivity contribution in [3.63, 3.8) is 0 Å². The zero-order valence-electron chi connectivity index (χ0n) is 11.6. The predicted molar refractivity (Wildman–Crippen MR) is 79.9 cm³/mol. The zero-order valence-corrected chi connectivity index (χ0v) is 12.5. The Kier molecular flexibility index (Phi) is 4.23. The van der Waals surface area contributed by atoms with Crippen molar-refractivity contribution >= 4 is 29.5 Å². The van der Waals surface area contributed by atoms with Gasteiger partial charge in [0.15, 0.2) is 0 Å². The highest BCUT2D eigenvalue weighted by Gasteiger charge is 2.27. The average Bonchev–Trinajstić information content (AvgIpc) is 2.93. The number of piperazine rings is 1. The van der Waals surface area contributed by atoms with Crippen molar-refractivity contribution in [2.24, 2.45) is 0 Å². The van der Waals surface area contributed by atoms with Crippen LogP contribution in [0.2, 0.25) is 0 Å². The van der Waals surface area contributed by atoms with Gasteiger partial charge >= 0.3 is 0 Å². The number of amides is 2. The molecule has 21 heavy (non-hydrogen) atoms. The summed E-state index contributed by atoms with van der Waals surface area (Å²) in [6.45, 7) is 2.93. The Morgan fingerprint density at radius 3 is 2.52 bits per heavy atom. The van der Waals surface area contributed by atoms with Crippen molar-refractivity contribution in [1.82, 2.24) is 19.8 Å². The van der Waals surface area contributed by atoms with Crippen LogP contribution in [-0.4, -0.2) is 75.9 Å². The molecular weight excluding hydrogens is 290 g/mol. The lowest BCUT2D eigenvalue weighted by Gasteiger charge is -2.35. The Labute approximate surface area is 127 Å². The molecule has 2 amide bonds. The third kappa shape index (κ3) is 3.26. The van der Waals surface area contributed by atoms with Crippen LogP contribution in [0.15, 0.2) is 18.5 Å². The molecule has 0 radical (unpaired) electrons. The maximum absolute atomic E-state index is 12.2. The predicted octanol–water partition coefficient (Wildman–Crippen LogP) is -0.342. The lowest BCUT2D eigenvalue weighted by molar-refractivity contribution is -0.138. The molecule has 0 aliphatic carbocycles. The smallest absolute Gasteiger partial charge is 0.242 e. The molecule has 0 atom stereocenters. The summed E-state index contributed by atoms with van der Waals surface area (Å²) in [5, 5.41) is 0. The fraction of sp³-hybridized carbons (Fsp3) is 0.538. The van der Waals surface area contributed by atoms with Gasteiger partial charge in [-0.25, -0.2) is 9.97 Å². The van der Waals surface area contributed by atoms with E-state index in [1.165, 1.54) is 0 Å². The van der Waals surface area contributed by atoms with E-state index >= 15 is 0 Å². The molecule has 1 aromatic rings. The largest absolute Gasteiger partial charge is 0.338 e. The average molecular weight is 307 g/mol. The maximum atomic E-state index is 12.2. The molecule has 3 rings (SSSR count). The molecule has 0 aromatic carbocycles. The van der Waals surface area contributed by atoms with E-state index in [0.717, 1.165) is 13.1 Å². The van der Waals surface area contributed by atoms with Gasteiger partial charge in [0.25, 0.3) is 0 Å². The number of thioether (sulfide) groups is 1. The molecule has 1 aromatic heterocycles. The minimum Gasteiger partial charge on any atom is -0.338 e. The minimum atomic E-state index is 0.0273. The van der Waals surface area contributed by atoms with Gasteiger partial charge in [0, 0.05) is 38.6 Å². The molecule has 2 aliphatic rings. The van der Waals surface area contributed by atoms with Crippen LogP contribution in [0.1, 0.15) is 0 Å². The normalized spacial score (nSPS) is 19.2. The number of anilines is 1. The van der Waals surface area contributed by atoms with Crippen LogP contribution in [0.25, 0.3) is 0 Å². The second kappa shape index (κ2) is 6.30. The highest BCUT2D eigenvalue weighted by atomic mass is 32.2. The molecule has 0 N–H and O–H groups in total. The fourth-order valence-corrected chi connectivity index (χ4v) is 3.32. The Morgan fingerprint density at radius 2 is 1.90 bits per heavy atom. The number of hydrogen-bond donors (Lipinski definition) is 0. The topological polar surface area (TPSA) is 69.6 Å². The van der Waals surface area contributed by atoms with Crippen LogP contribution in [-0.2, 0) is 9.59 Å². The first-order valence-corrected chi connectivity index (χ1v) is 8.05. The minimum absolute atomic E-state index is 0.0273. The number of rotatable bonds is 3. The molecule has 112 valence electrons. The fourth-order valence-electron chi connectivity index (χ4n) is 2.41. The standard InChI is InChI=1S/C13H17N5O2S/c19-11(8-18-10-21-9-12(18)20)16-4-6-17(7-5-16)13-14-2-1-3-15-13/h1-3H,4-10H2. The first kappa shape index (κ1) is 14.1. The quantitative estimate of drug-likeness (QED) is 0.761. The van der Waals surface area contributed by atoms with E-state index in [9.17, 15) is 9.59 Å². The van der Waals surface area contributed by atoms with Crippen molar-refractivity contribution < 1.29 is 9.59 Å². The molecule has 0 bridgehead atoms. The third-order valence-corrected chi connectivity index (χ3v) is 4.56. The van der Waals surface area contributed by atoms with Crippen molar-refractivity contribution in [1.29, 1.82) is 0 Å². The third-order valence-electron chi connectivity index (χ3n) is 3.62. The highest BCUT2D eigenvalue weighted by molar-refractivity contribution is 8.00. The number of hydrogen-bond acceptors (Lipinski definition) is 6. The Balaban J connectivity index is 1.51. The lowest BCUT2D eigenvalue weighted by Crippen LogP contribution is -2.51. The van der Waals surface area contributed by atoms with Crippen molar-refractivity contribution in [3.8, 4) is 0 Å². The molecule has 0 spiro atoms. The second-order valence-corrected chi connectivity index (χ2v) is 5.94. The molecule has 2 aliphatic heterocycles. The molecule has 0 unspecified atom stereocenters. The molecule has 7 nitrogen and oxygen atoms in total. The SMILES string of the molecule is O=C(CN1CSCC1=O)N1CCN(c2ncccn2)CC1. The van der Waals surface area contributed by atoms with Gasteiger partial charge in [-0.2, -0.15) is 0 Å². The molecular formula is C13H17N5O2S. The van der Waals surface area contributed by atoms with Gasteiger partial charge in [-0.3, -0.25) is 9.59 Å². The molecule has 0 saturated carbocycles. The zero-order chi connectivity index (χ0) is 14.7. The van der Waals surface area contributed by atoms with Gasteiger partial charge < -0.3 is 14.7 Å². The van der Waals surface area contributed by atoms with Crippen LogP contribution < -0.4 is 4.90 Å².